The average Bonchev–Trinajstić information content (AvgIpc) is 3.01. The van der Waals surface area contributed by atoms with Gasteiger partial charge in [0.15, 0.2) is 15.5 Å². The van der Waals surface area contributed by atoms with Crippen LogP contribution in [0.2, 0.25) is 0 Å². The Morgan fingerprint density at radius 1 is 0.923 bits per heavy atom. The average molecular weight is 367 g/mol. The van der Waals surface area contributed by atoms with E-state index in [1.165, 1.54) is 18.4 Å². The van der Waals surface area contributed by atoms with Crippen molar-refractivity contribution in [1.29, 1.82) is 0 Å². The van der Waals surface area contributed by atoms with Gasteiger partial charge in [0.05, 0.1) is 10.6 Å². The van der Waals surface area contributed by atoms with E-state index in [9.17, 15) is 12.8 Å². The van der Waals surface area contributed by atoms with Crippen LogP contribution >= 0.6 is 0 Å². The molecular weight excluding hydrogens is 353 g/mol. The van der Waals surface area contributed by atoms with Crippen molar-refractivity contribution < 1.29 is 12.8 Å². The van der Waals surface area contributed by atoms with Crippen molar-refractivity contribution >= 4 is 15.5 Å². The fourth-order valence-electron chi connectivity index (χ4n) is 2.82. The maximum atomic E-state index is 13.3. The molecule has 4 rings (SSSR count). The predicted octanol–water partition coefficient (Wildman–Crippen LogP) is 3.61. The molecule has 130 valence electrons. The van der Waals surface area contributed by atoms with E-state index in [2.05, 4.69) is 10.1 Å². The first-order valence-electron chi connectivity index (χ1n) is 7.84. The second-order valence-corrected chi connectivity index (χ2v) is 7.92. The number of imidazole rings is 1. The van der Waals surface area contributed by atoms with Crippen LogP contribution in [-0.4, -0.2) is 29.3 Å². The van der Waals surface area contributed by atoms with Crippen LogP contribution in [0.4, 0.5) is 4.39 Å². The molecule has 0 atom stereocenters. The molecule has 26 heavy (non-hydrogen) atoms. The van der Waals surface area contributed by atoms with Crippen molar-refractivity contribution in [1.82, 2.24) is 14.6 Å². The van der Waals surface area contributed by atoms with E-state index < -0.39 is 9.84 Å². The molecule has 0 aliphatic rings. The molecule has 4 aromatic rings. The largest absolute Gasteiger partial charge is 0.226 e. The summed E-state index contributed by atoms with van der Waals surface area (Å²) in [6, 6.07) is 16.2. The maximum absolute atomic E-state index is 13.3. The second kappa shape index (κ2) is 6.03. The molecule has 0 amide bonds. The molecule has 0 aliphatic carbocycles. The zero-order chi connectivity index (χ0) is 18.3. The zero-order valence-electron chi connectivity index (χ0n) is 13.8. The maximum Gasteiger partial charge on any atom is 0.175 e. The lowest BCUT2D eigenvalue weighted by Gasteiger charge is -2.06. The number of benzene rings is 2. The van der Waals surface area contributed by atoms with Gasteiger partial charge in [0.2, 0.25) is 0 Å². The van der Waals surface area contributed by atoms with Gasteiger partial charge in [-0.25, -0.2) is 22.3 Å². The van der Waals surface area contributed by atoms with E-state index in [-0.39, 0.29) is 10.7 Å². The van der Waals surface area contributed by atoms with E-state index in [1.54, 1.807) is 53.2 Å². The molecule has 0 saturated heterocycles. The molecule has 0 radical (unpaired) electrons. The first-order valence-corrected chi connectivity index (χ1v) is 9.73. The first kappa shape index (κ1) is 16.4. The number of hydrogen-bond donors (Lipinski definition) is 0. The second-order valence-electron chi connectivity index (χ2n) is 5.91. The van der Waals surface area contributed by atoms with Crippen LogP contribution in [-0.2, 0) is 9.84 Å². The van der Waals surface area contributed by atoms with Gasteiger partial charge < -0.3 is 0 Å². The number of sulfone groups is 1. The summed E-state index contributed by atoms with van der Waals surface area (Å²) < 4.78 is 38.4. The quantitative estimate of drug-likeness (QED) is 0.555. The molecule has 0 saturated carbocycles. The molecule has 0 unspecified atom stereocenters. The number of halogens is 1. The summed E-state index contributed by atoms with van der Waals surface area (Å²) in [6.07, 6.45) is 2.82. The lowest BCUT2D eigenvalue weighted by atomic mass is 10.1. The molecule has 0 fully saturated rings. The standard InChI is InChI=1S/C19H14FN3O2S/c1-26(24,25)16-10-6-13(7-11-16)18-19(14-4-8-15(20)9-5-14)23-17(22-18)3-2-12-21-23/h2-12H,1H3. The molecule has 5 nitrogen and oxygen atoms in total. The van der Waals surface area contributed by atoms with Crippen molar-refractivity contribution in [3.8, 4) is 22.5 Å². The van der Waals surface area contributed by atoms with E-state index in [1.807, 2.05) is 6.07 Å². The summed E-state index contributed by atoms with van der Waals surface area (Å²) in [5.74, 6) is -0.324. The van der Waals surface area contributed by atoms with Gasteiger partial charge in [-0.1, -0.05) is 12.1 Å². The molecule has 0 spiro atoms. The Morgan fingerprint density at radius 2 is 1.58 bits per heavy atom. The van der Waals surface area contributed by atoms with Crippen molar-refractivity contribution in [3.63, 3.8) is 0 Å². The summed E-state index contributed by atoms with van der Waals surface area (Å²) in [5.41, 5.74) is 3.53. The van der Waals surface area contributed by atoms with Gasteiger partial charge >= 0.3 is 0 Å². The molecule has 0 N–H and O–H groups in total. The van der Waals surface area contributed by atoms with Gasteiger partial charge in [-0.05, 0) is 48.5 Å². The fourth-order valence-corrected chi connectivity index (χ4v) is 3.45. The molecular formula is C19H14FN3O2S. The Bertz CT molecular complexity index is 1200. The zero-order valence-corrected chi connectivity index (χ0v) is 14.6. The van der Waals surface area contributed by atoms with Crippen LogP contribution in [0.3, 0.4) is 0 Å². The van der Waals surface area contributed by atoms with Crippen LogP contribution in [0.5, 0.6) is 0 Å². The Kier molecular flexibility index (Phi) is 3.81. The van der Waals surface area contributed by atoms with Crippen LogP contribution in [0.15, 0.2) is 71.8 Å². The Balaban J connectivity index is 1.95. The topological polar surface area (TPSA) is 64.3 Å². The highest BCUT2D eigenvalue weighted by Crippen LogP contribution is 2.32. The Labute approximate surface area is 149 Å². The molecule has 7 heteroatoms. The SMILES string of the molecule is CS(=O)(=O)c1ccc(-c2nc3cccnn3c2-c2ccc(F)cc2)cc1. The van der Waals surface area contributed by atoms with Crippen molar-refractivity contribution in [3.05, 3.63) is 72.7 Å². The Hall–Kier alpha value is -3.06. The summed E-state index contributed by atoms with van der Waals surface area (Å²) in [5, 5.41) is 4.35. The fraction of sp³-hybridized carbons (Fsp3) is 0.0526. The summed E-state index contributed by atoms with van der Waals surface area (Å²) in [6.45, 7) is 0. The highest BCUT2D eigenvalue weighted by molar-refractivity contribution is 7.90. The number of hydrogen-bond acceptors (Lipinski definition) is 4. The van der Waals surface area contributed by atoms with E-state index in [4.69, 9.17) is 0 Å². The molecule has 0 aliphatic heterocycles. The smallest absolute Gasteiger partial charge is 0.175 e. The van der Waals surface area contributed by atoms with E-state index >= 15 is 0 Å². The van der Waals surface area contributed by atoms with Crippen LogP contribution in [0, 0.1) is 5.82 Å². The van der Waals surface area contributed by atoms with Crippen molar-refractivity contribution in [2.24, 2.45) is 0 Å². The number of nitrogens with zero attached hydrogens (tertiary/aromatic N) is 3. The van der Waals surface area contributed by atoms with Crippen molar-refractivity contribution in [2.75, 3.05) is 6.26 Å². The van der Waals surface area contributed by atoms with Gasteiger partial charge in [-0.2, -0.15) is 5.10 Å². The minimum absolute atomic E-state index is 0.242. The van der Waals surface area contributed by atoms with E-state index in [0.717, 1.165) is 11.1 Å². The number of rotatable bonds is 3. The van der Waals surface area contributed by atoms with Gasteiger partial charge in [-0.15, -0.1) is 0 Å². The molecule has 2 aromatic carbocycles. The minimum atomic E-state index is -3.27. The van der Waals surface area contributed by atoms with Crippen LogP contribution in [0.1, 0.15) is 0 Å². The minimum Gasteiger partial charge on any atom is -0.226 e. The number of fused-ring (bicyclic) bond motifs is 1. The number of aromatic nitrogens is 3. The first-order chi connectivity index (χ1) is 12.4. The molecule has 0 bridgehead atoms. The lowest BCUT2D eigenvalue weighted by molar-refractivity contribution is 0.602. The van der Waals surface area contributed by atoms with Crippen LogP contribution in [0.25, 0.3) is 28.2 Å². The normalized spacial score (nSPS) is 11.8. The van der Waals surface area contributed by atoms with Gasteiger partial charge in [0.25, 0.3) is 0 Å². The highest BCUT2D eigenvalue weighted by atomic mass is 32.2. The predicted molar refractivity (Wildman–Crippen MR) is 96.9 cm³/mol. The molecule has 2 aromatic heterocycles. The monoisotopic (exact) mass is 367 g/mol. The summed E-state index contributed by atoms with van der Waals surface area (Å²) >= 11 is 0. The third kappa shape index (κ3) is 2.86. The van der Waals surface area contributed by atoms with E-state index in [0.29, 0.717) is 17.0 Å². The van der Waals surface area contributed by atoms with Gasteiger partial charge in [0.1, 0.15) is 11.5 Å². The lowest BCUT2D eigenvalue weighted by Crippen LogP contribution is -1.97. The summed E-state index contributed by atoms with van der Waals surface area (Å²) in [7, 11) is -3.27. The highest BCUT2D eigenvalue weighted by Gasteiger charge is 2.17. The third-order valence-electron chi connectivity index (χ3n) is 4.07. The van der Waals surface area contributed by atoms with Gasteiger partial charge in [-0.3, -0.25) is 0 Å². The Morgan fingerprint density at radius 3 is 2.23 bits per heavy atom. The molecule has 2 heterocycles. The third-order valence-corrected chi connectivity index (χ3v) is 5.19. The van der Waals surface area contributed by atoms with Gasteiger partial charge in [0, 0.05) is 23.6 Å². The van der Waals surface area contributed by atoms with Crippen LogP contribution < -0.4 is 0 Å². The van der Waals surface area contributed by atoms with Crippen molar-refractivity contribution in [2.45, 2.75) is 4.90 Å². The summed E-state index contributed by atoms with van der Waals surface area (Å²) in [4.78, 5) is 4.87.